The Kier molecular flexibility index (Phi) is 6.35. The summed E-state index contributed by atoms with van der Waals surface area (Å²) in [6, 6.07) is 19.5. The fourth-order valence-corrected chi connectivity index (χ4v) is 4.80. The highest BCUT2D eigenvalue weighted by molar-refractivity contribution is 5.89. The van der Waals surface area contributed by atoms with Gasteiger partial charge in [0.2, 0.25) is 0 Å². The molecule has 5 nitrogen and oxygen atoms in total. The summed E-state index contributed by atoms with van der Waals surface area (Å²) in [5.74, 6) is 0.817. The molecule has 0 saturated carbocycles. The monoisotopic (exact) mass is 393 g/mol. The van der Waals surface area contributed by atoms with E-state index in [1.165, 1.54) is 24.8 Å². The van der Waals surface area contributed by atoms with E-state index < -0.39 is 0 Å². The third kappa shape index (κ3) is 5.10. The van der Waals surface area contributed by atoms with Crippen molar-refractivity contribution in [3.63, 3.8) is 0 Å². The van der Waals surface area contributed by atoms with Crippen molar-refractivity contribution in [2.45, 2.75) is 63.7 Å². The predicted octanol–water partition coefficient (Wildman–Crippen LogP) is 4.79. The maximum Gasteiger partial charge on any atom is 0.319 e. The molecule has 2 aromatic rings. The van der Waals surface area contributed by atoms with Crippen LogP contribution in [0.3, 0.4) is 0 Å². The fourth-order valence-electron chi connectivity index (χ4n) is 4.80. The lowest BCUT2D eigenvalue weighted by atomic mass is 9.81. The number of carbonyl (C=O) groups is 1. The Hall–Kier alpha value is -2.53. The van der Waals surface area contributed by atoms with Crippen molar-refractivity contribution in [3.8, 4) is 5.75 Å². The molecule has 2 saturated heterocycles. The minimum absolute atomic E-state index is 0.117. The zero-order chi connectivity index (χ0) is 20.1. The lowest BCUT2D eigenvalue weighted by molar-refractivity contribution is 0.0200. The average Bonchev–Trinajstić information content (AvgIpc) is 2.71. The number of anilines is 1. The van der Waals surface area contributed by atoms with Crippen LogP contribution < -0.4 is 15.4 Å². The number of fused-ring (bicyclic) bond motifs is 2. The van der Waals surface area contributed by atoms with Crippen LogP contribution in [-0.4, -0.2) is 35.7 Å². The van der Waals surface area contributed by atoms with E-state index in [1.807, 2.05) is 31.2 Å². The molecule has 0 radical (unpaired) electrons. The molecular weight excluding hydrogens is 362 g/mol. The van der Waals surface area contributed by atoms with Gasteiger partial charge in [-0.05, 0) is 62.4 Å². The zero-order valence-electron chi connectivity index (χ0n) is 17.1. The number of carbonyl (C=O) groups excluding carboxylic acids is 1. The number of nitrogens with one attached hydrogen (secondary N) is 2. The molecule has 4 rings (SSSR count). The van der Waals surface area contributed by atoms with Crippen LogP contribution >= 0.6 is 0 Å². The largest absolute Gasteiger partial charge is 0.494 e. The van der Waals surface area contributed by atoms with Crippen LogP contribution in [0.25, 0.3) is 0 Å². The van der Waals surface area contributed by atoms with Gasteiger partial charge in [-0.25, -0.2) is 4.79 Å². The van der Waals surface area contributed by atoms with Crippen LogP contribution in [0.15, 0.2) is 54.6 Å². The first-order chi connectivity index (χ1) is 14.2. The van der Waals surface area contributed by atoms with Gasteiger partial charge in [0, 0.05) is 30.4 Å². The summed E-state index contributed by atoms with van der Waals surface area (Å²) in [4.78, 5) is 15.2. The van der Waals surface area contributed by atoms with Crippen LogP contribution in [0.4, 0.5) is 10.5 Å². The van der Waals surface area contributed by atoms with Crippen molar-refractivity contribution >= 4 is 11.7 Å². The van der Waals surface area contributed by atoms with Crippen molar-refractivity contribution in [2.75, 3.05) is 11.9 Å². The summed E-state index contributed by atoms with van der Waals surface area (Å²) in [6.45, 7) is 3.61. The quantitative estimate of drug-likeness (QED) is 0.742. The summed E-state index contributed by atoms with van der Waals surface area (Å²) in [6.07, 6.45) is 5.80. The fraction of sp³-hybridized carbons (Fsp3) is 0.458. The highest BCUT2D eigenvalue weighted by Crippen LogP contribution is 2.35. The first-order valence-corrected chi connectivity index (χ1v) is 10.8. The van der Waals surface area contributed by atoms with Crippen molar-refractivity contribution < 1.29 is 9.53 Å². The van der Waals surface area contributed by atoms with Gasteiger partial charge in [-0.15, -0.1) is 0 Å². The second-order valence-corrected chi connectivity index (χ2v) is 8.12. The van der Waals surface area contributed by atoms with Crippen LogP contribution in [0.5, 0.6) is 5.75 Å². The Morgan fingerprint density at radius 1 is 1.03 bits per heavy atom. The first kappa shape index (κ1) is 19.8. The second kappa shape index (κ2) is 9.31. The molecule has 0 aromatic heterocycles. The smallest absolute Gasteiger partial charge is 0.319 e. The summed E-state index contributed by atoms with van der Waals surface area (Å²) in [5, 5.41) is 6.17. The molecule has 5 heteroatoms. The van der Waals surface area contributed by atoms with E-state index in [9.17, 15) is 4.79 Å². The predicted molar refractivity (Wildman–Crippen MR) is 116 cm³/mol. The number of benzene rings is 2. The maximum absolute atomic E-state index is 12.5. The van der Waals surface area contributed by atoms with Gasteiger partial charge in [0.05, 0.1) is 6.61 Å². The molecule has 0 spiro atoms. The number of amides is 2. The lowest BCUT2D eigenvalue weighted by Gasteiger charge is -2.49. The molecule has 2 bridgehead atoms. The molecule has 29 heavy (non-hydrogen) atoms. The van der Waals surface area contributed by atoms with Gasteiger partial charge in [-0.2, -0.15) is 0 Å². The van der Waals surface area contributed by atoms with E-state index >= 15 is 0 Å². The normalized spacial score (nSPS) is 24.0. The molecular formula is C24H31N3O2. The van der Waals surface area contributed by atoms with Gasteiger partial charge < -0.3 is 15.4 Å². The third-order valence-electron chi connectivity index (χ3n) is 6.09. The molecule has 2 aromatic carbocycles. The van der Waals surface area contributed by atoms with Crippen molar-refractivity contribution in [3.05, 3.63) is 60.2 Å². The molecule has 2 N–H and O–H groups in total. The van der Waals surface area contributed by atoms with E-state index in [-0.39, 0.29) is 12.1 Å². The van der Waals surface area contributed by atoms with E-state index in [0.29, 0.717) is 18.7 Å². The van der Waals surface area contributed by atoms with Gasteiger partial charge >= 0.3 is 6.03 Å². The van der Waals surface area contributed by atoms with Gasteiger partial charge in [0.1, 0.15) is 5.75 Å². The van der Waals surface area contributed by atoms with Gasteiger partial charge in [0.25, 0.3) is 0 Å². The van der Waals surface area contributed by atoms with Crippen molar-refractivity contribution in [1.29, 1.82) is 0 Å². The topological polar surface area (TPSA) is 53.6 Å². The third-order valence-corrected chi connectivity index (χ3v) is 6.09. The summed E-state index contributed by atoms with van der Waals surface area (Å²) < 4.78 is 5.45. The number of ether oxygens (including phenoxy) is 1. The number of nitrogens with zero attached hydrogens (tertiary/aromatic N) is 1. The van der Waals surface area contributed by atoms with Crippen LogP contribution in [0.1, 0.15) is 44.6 Å². The number of hydrogen-bond acceptors (Lipinski definition) is 3. The number of rotatable bonds is 6. The van der Waals surface area contributed by atoms with E-state index in [2.05, 4.69) is 45.9 Å². The molecule has 2 heterocycles. The maximum atomic E-state index is 12.5. The molecule has 2 amide bonds. The Balaban J connectivity index is 1.32. The number of piperidine rings is 2. The highest BCUT2D eigenvalue weighted by Gasteiger charge is 2.38. The SMILES string of the molecule is CCOc1ccc(NC(=O)NC2C[C@H]3CCC[C@@H](C2)N3Cc2ccccc2)cc1. The Labute approximate surface area is 173 Å². The van der Waals surface area contributed by atoms with Crippen LogP contribution in [0.2, 0.25) is 0 Å². The van der Waals surface area contributed by atoms with Crippen molar-refractivity contribution in [1.82, 2.24) is 10.2 Å². The molecule has 1 unspecified atom stereocenters. The number of hydrogen-bond donors (Lipinski definition) is 2. The first-order valence-electron chi connectivity index (χ1n) is 10.8. The lowest BCUT2D eigenvalue weighted by Crippen LogP contribution is -2.56. The molecule has 3 atom stereocenters. The van der Waals surface area contributed by atoms with Gasteiger partial charge in [0.15, 0.2) is 0 Å². The van der Waals surface area contributed by atoms with E-state index in [0.717, 1.165) is 30.8 Å². The molecule has 2 aliphatic rings. The van der Waals surface area contributed by atoms with Gasteiger partial charge in [-0.1, -0.05) is 36.8 Å². The average molecular weight is 394 g/mol. The summed E-state index contributed by atoms with van der Waals surface area (Å²) >= 11 is 0. The highest BCUT2D eigenvalue weighted by atomic mass is 16.5. The standard InChI is InChI=1S/C24H31N3O2/c1-2-29-23-13-11-19(12-14-23)25-24(28)26-20-15-21-9-6-10-22(16-20)27(21)17-18-7-4-3-5-8-18/h3-5,7-8,11-14,20-22H,2,6,9-10,15-17H2,1H3,(H2,25,26,28)/t20?,21-,22+. The minimum Gasteiger partial charge on any atom is -0.494 e. The van der Waals surface area contributed by atoms with Crippen LogP contribution in [-0.2, 0) is 6.54 Å². The van der Waals surface area contributed by atoms with Crippen molar-refractivity contribution in [2.24, 2.45) is 0 Å². The molecule has 0 aliphatic carbocycles. The van der Waals surface area contributed by atoms with E-state index in [1.54, 1.807) is 0 Å². The number of urea groups is 1. The minimum atomic E-state index is -0.117. The second-order valence-electron chi connectivity index (χ2n) is 8.12. The summed E-state index contributed by atoms with van der Waals surface area (Å²) in [7, 11) is 0. The Morgan fingerprint density at radius 2 is 1.72 bits per heavy atom. The molecule has 154 valence electrons. The Bertz CT molecular complexity index is 780. The molecule has 2 aliphatic heterocycles. The van der Waals surface area contributed by atoms with Crippen LogP contribution in [0, 0.1) is 0 Å². The zero-order valence-corrected chi connectivity index (χ0v) is 17.1. The Morgan fingerprint density at radius 3 is 2.38 bits per heavy atom. The molecule has 2 fully saturated rings. The summed E-state index contributed by atoms with van der Waals surface area (Å²) in [5.41, 5.74) is 2.16. The van der Waals surface area contributed by atoms with Gasteiger partial charge in [-0.3, -0.25) is 4.90 Å². The van der Waals surface area contributed by atoms with E-state index in [4.69, 9.17) is 4.74 Å².